The zero-order chi connectivity index (χ0) is 20.5. The first-order chi connectivity index (χ1) is 13.1. The maximum atomic E-state index is 13.2. The van der Waals surface area contributed by atoms with Gasteiger partial charge in [-0.1, -0.05) is 20.8 Å². The van der Waals surface area contributed by atoms with Crippen molar-refractivity contribution in [2.24, 2.45) is 0 Å². The minimum Gasteiger partial charge on any atom is -0.289 e. The second-order valence-electron chi connectivity index (χ2n) is 7.72. The quantitative estimate of drug-likeness (QED) is 0.544. The van der Waals surface area contributed by atoms with Gasteiger partial charge in [0.1, 0.15) is 11.6 Å². The Bertz CT molecular complexity index is 952. The third kappa shape index (κ3) is 4.22. The highest BCUT2D eigenvalue weighted by Crippen LogP contribution is 2.27. The third-order valence-electron chi connectivity index (χ3n) is 4.54. The van der Waals surface area contributed by atoms with Gasteiger partial charge in [0, 0.05) is 22.3 Å². The molecule has 0 saturated carbocycles. The minimum absolute atomic E-state index is 0.292. The van der Waals surface area contributed by atoms with Crippen molar-refractivity contribution in [3.8, 4) is 0 Å². The molecule has 0 heterocycles. The van der Waals surface area contributed by atoms with Crippen LogP contribution >= 0.6 is 0 Å². The monoisotopic (exact) mass is 378 g/mol. The molecule has 0 spiro atoms. The minimum atomic E-state index is -0.424. The van der Waals surface area contributed by atoms with E-state index in [1.54, 1.807) is 12.1 Å². The third-order valence-corrected chi connectivity index (χ3v) is 4.54. The van der Waals surface area contributed by atoms with Gasteiger partial charge in [-0.25, -0.2) is 8.78 Å². The molecule has 0 unspecified atom stereocenters. The summed E-state index contributed by atoms with van der Waals surface area (Å²) in [5, 5.41) is 0. The van der Waals surface area contributed by atoms with Gasteiger partial charge in [0.25, 0.3) is 0 Å². The molecule has 142 valence electrons. The van der Waals surface area contributed by atoms with E-state index in [0.717, 1.165) is 5.56 Å². The number of halogens is 2. The number of carbonyl (C=O) groups excluding carboxylic acids is 2. The van der Waals surface area contributed by atoms with Crippen LogP contribution in [0, 0.1) is 11.6 Å². The molecular formula is C24H20F2O2. The van der Waals surface area contributed by atoms with Crippen LogP contribution in [0.1, 0.15) is 58.2 Å². The van der Waals surface area contributed by atoms with Crippen molar-refractivity contribution in [1.29, 1.82) is 0 Å². The van der Waals surface area contributed by atoms with Crippen LogP contribution in [0.5, 0.6) is 0 Å². The van der Waals surface area contributed by atoms with Gasteiger partial charge in [0.15, 0.2) is 11.6 Å². The summed E-state index contributed by atoms with van der Waals surface area (Å²) in [5.74, 6) is -1.43. The predicted molar refractivity (Wildman–Crippen MR) is 105 cm³/mol. The van der Waals surface area contributed by atoms with Crippen molar-refractivity contribution in [2.75, 3.05) is 0 Å². The summed E-state index contributed by atoms with van der Waals surface area (Å²) in [6.45, 7) is 5.96. The molecule has 0 atom stereocenters. The summed E-state index contributed by atoms with van der Waals surface area (Å²) >= 11 is 0. The van der Waals surface area contributed by atoms with Gasteiger partial charge < -0.3 is 0 Å². The maximum Gasteiger partial charge on any atom is 0.193 e. The van der Waals surface area contributed by atoms with Gasteiger partial charge >= 0.3 is 0 Å². The fourth-order valence-electron chi connectivity index (χ4n) is 2.86. The second-order valence-corrected chi connectivity index (χ2v) is 7.72. The molecule has 3 aromatic rings. The average Bonchev–Trinajstić information content (AvgIpc) is 2.67. The first-order valence-electron chi connectivity index (χ1n) is 8.91. The molecule has 0 aliphatic carbocycles. The van der Waals surface area contributed by atoms with E-state index in [-0.39, 0.29) is 17.0 Å². The predicted octanol–water partition coefficient (Wildman–Crippen LogP) is 5.72. The Kier molecular flexibility index (Phi) is 5.23. The lowest BCUT2D eigenvalue weighted by molar-refractivity contribution is 0.103. The maximum absolute atomic E-state index is 13.2. The number of ketones is 2. The molecule has 4 heteroatoms. The lowest BCUT2D eigenvalue weighted by Gasteiger charge is -2.21. The van der Waals surface area contributed by atoms with Crippen LogP contribution in [0.2, 0.25) is 0 Å². The first kappa shape index (κ1) is 19.6. The Morgan fingerprint density at radius 3 is 1.29 bits per heavy atom. The zero-order valence-corrected chi connectivity index (χ0v) is 15.9. The number of rotatable bonds is 4. The molecule has 0 radical (unpaired) electrons. The van der Waals surface area contributed by atoms with Crippen molar-refractivity contribution in [2.45, 2.75) is 26.2 Å². The summed E-state index contributed by atoms with van der Waals surface area (Å²) in [7, 11) is 0. The molecule has 0 bridgehead atoms. The van der Waals surface area contributed by atoms with E-state index >= 15 is 0 Å². The molecule has 0 fully saturated rings. The average molecular weight is 378 g/mol. The van der Waals surface area contributed by atoms with Crippen LogP contribution in [0.25, 0.3) is 0 Å². The molecule has 0 aliphatic heterocycles. The van der Waals surface area contributed by atoms with Gasteiger partial charge in [0.2, 0.25) is 0 Å². The van der Waals surface area contributed by atoms with Gasteiger partial charge in [-0.2, -0.15) is 0 Å². The van der Waals surface area contributed by atoms with Crippen molar-refractivity contribution in [3.05, 3.63) is 106 Å². The summed E-state index contributed by atoms with van der Waals surface area (Å²) in [5.41, 5.74) is 1.91. The Labute approximate surface area is 162 Å². The lowest BCUT2D eigenvalue weighted by Crippen LogP contribution is -2.15. The molecule has 0 N–H and O–H groups in total. The molecule has 0 amide bonds. The number of benzene rings is 3. The van der Waals surface area contributed by atoms with Crippen molar-refractivity contribution >= 4 is 11.6 Å². The van der Waals surface area contributed by atoms with E-state index in [2.05, 4.69) is 0 Å². The number of carbonyl (C=O) groups is 2. The normalized spacial score (nSPS) is 11.3. The molecular weight excluding hydrogens is 358 g/mol. The standard InChI is InChI=1S/C24H20F2O2/c1-24(2,3)19-13-17(22(27)15-4-8-20(25)9-5-15)12-18(14-19)23(28)16-6-10-21(26)11-7-16/h4-14H,1-3H3. The number of hydrogen-bond acceptors (Lipinski definition) is 2. The Morgan fingerprint density at radius 2 is 0.964 bits per heavy atom. The smallest absolute Gasteiger partial charge is 0.193 e. The molecule has 3 rings (SSSR count). The summed E-state index contributed by atoms with van der Waals surface area (Å²) in [6, 6.07) is 15.6. The first-order valence-corrected chi connectivity index (χ1v) is 8.91. The van der Waals surface area contributed by atoms with Crippen LogP contribution in [-0.4, -0.2) is 11.6 Å². The molecule has 0 aliphatic rings. The Morgan fingerprint density at radius 1 is 0.607 bits per heavy atom. The van der Waals surface area contributed by atoms with E-state index in [9.17, 15) is 18.4 Å². The van der Waals surface area contributed by atoms with E-state index in [0.29, 0.717) is 22.3 Å². The fourth-order valence-corrected chi connectivity index (χ4v) is 2.86. The van der Waals surface area contributed by atoms with Crippen molar-refractivity contribution < 1.29 is 18.4 Å². The van der Waals surface area contributed by atoms with E-state index < -0.39 is 11.6 Å². The van der Waals surface area contributed by atoms with E-state index in [1.807, 2.05) is 20.8 Å². The highest BCUT2D eigenvalue weighted by molar-refractivity contribution is 6.13. The molecule has 3 aromatic carbocycles. The van der Waals surface area contributed by atoms with Crippen LogP contribution in [0.3, 0.4) is 0 Å². The Balaban J connectivity index is 2.09. The highest BCUT2D eigenvalue weighted by Gasteiger charge is 2.21. The summed E-state index contributed by atoms with van der Waals surface area (Å²) < 4.78 is 26.4. The zero-order valence-electron chi connectivity index (χ0n) is 15.9. The molecule has 28 heavy (non-hydrogen) atoms. The van der Waals surface area contributed by atoms with Gasteiger partial charge in [-0.05, 0) is 77.7 Å². The van der Waals surface area contributed by atoms with E-state index in [1.165, 1.54) is 54.6 Å². The van der Waals surface area contributed by atoms with Crippen molar-refractivity contribution in [3.63, 3.8) is 0 Å². The second kappa shape index (κ2) is 7.47. The van der Waals surface area contributed by atoms with Crippen LogP contribution in [-0.2, 0) is 5.41 Å². The van der Waals surface area contributed by atoms with Gasteiger partial charge in [-0.3, -0.25) is 9.59 Å². The van der Waals surface area contributed by atoms with Gasteiger partial charge in [-0.15, -0.1) is 0 Å². The molecule has 2 nitrogen and oxygen atoms in total. The summed E-state index contributed by atoms with van der Waals surface area (Å²) in [6.07, 6.45) is 0. The summed E-state index contributed by atoms with van der Waals surface area (Å²) in [4.78, 5) is 25.8. The van der Waals surface area contributed by atoms with Crippen LogP contribution in [0.4, 0.5) is 8.78 Å². The van der Waals surface area contributed by atoms with Crippen molar-refractivity contribution in [1.82, 2.24) is 0 Å². The van der Waals surface area contributed by atoms with E-state index in [4.69, 9.17) is 0 Å². The topological polar surface area (TPSA) is 34.1 Å². The molecule has 0 saturated heterocycles. The largest absolute Gasteiger partial charge is 0.289 e. The molecule has 0 aromatic heterocycles. The lowest BCUT2D eigenvalue weighted by atomic mass is 9.83. The van der Waals surface area contributed by atoms with Gasteiger partial charge in [0.05, 0.1) is 0 Å². The fraction of sp³-hybridized carbons (Fsp3) is 0.167. The number of hydrogen-bond donors (Lipinski definition) is 0. The Hall–Kier alpha value is -3.14. The SMILES string of the molecule is CC(C)(C)c1cc(C(=O)c2ccc(F)cc2)cc(C(=O)c2ccc(F)cc2)c1. The van der Waals surface area contributed by atoms with Crippen LogP contribution in [0.15, 0.2) is 66.7 Å². The highest BCUT2D eigenvalue weighted by atomic mass is 19.1. The van der Waals surface area contributed by atoms with Crippen LogP contribution < -0.4 is 0 Å².